The van der Waals surface area contributed by atoms with Crippen molar-refractivity contribution < 1.29 is 19.1 Å². The summed E-state index contributed by atoms with van der Waals surface area (Å²) in [5.41, 5.74) is 1.21. The van der Waals surface area contributed by atoms with E-state index in [-0.39, 0.29) is 6.61 Å². The maximum absolute atomic E-state index is 11.6. The maximum atomic E-state index is 11.6. The van der Waals surface area contributed by atoms with Gasteiger partial charge in [0.05, 0.1) is 13.2 Å². The lowest BCUT2D eigenvalue weighted by atomic mass is 10.1. The zero-order valence-electron chi connectivity index (χ0n) is 9.66. The van der Waals surface area contributed by atoms with Crippen molar-refractivity contribution in [1.82, 2.24) is 0 Å². The first-order valence-electron chi connectivity index (χ1n) is 5.09. The van der Waals surface area contributed by atoms with Crippen molar-refractivity contribution in [2.24, 2.45) is 0 Å². The second-order valence-corrected chi connectivity index (χ2v) is 4.14. The number of esters is 1. The Balaban J connectivity index is 2.89. The molecular formula is C12H13BrO4. The number of benzene rings is 1. The smallest absolute Gasteiger partial charge is 0.379 e. The van der Waals surface area contributed by atoms with Gasteiger partial charge < -0.3 is 9.47 Å². The van der Waals surface area contributed by atoms with E-state index in [1.807, 2.05) is 0 Å². The fourth-order valence-corrected chi connectivity index (χ4v) is 1.77. The lowest BCUT2D eigenvalue weighted by Gasteiger charge is -2.05. The minimum absolute atomic E-state index is 0.188. The first-order chi connectivity index (χ1) is 8.10. The van der Waals surface area contributed by atoms with Crippen molar-refractivity contribution in [2.75, 3.05) is 13.7 Å². The van der Waals surface area contributed by atoms with Gasteiger partial charge in [0, 0.05) is 17.1 Å². The molecule has 0 aliphatic carbocycles. The number of carbonyl (C=O) groups is 2. The lowest BCUT2D eigenvalue weighted by Crippen LogP contribution is -2.17. The van der Waals surface area contributed by atoms with Crippen molar-refractivity contribution in [1.29, 1.82) is 0 Å². The Hall–Kier alpha value is -1.20. The number of methoxy groups -OCH3 is 1. The number of rotatable bonds is 5. The molecule has 0 bridgehead atoms. The highest BCUT2D eigenvalue weighted by Gasteiger charge is 2.18. The molecule has 0 atom stereocenters. The van der Waals surface area contributed by atoms with Crippen LogP contribution in [0.15, 0.2) is 22.7 Å². The van der Waals surface area contributed by atoms with E-state index in [9.17, 15) is 9.59 Å². The summed E-state index contributed by atoms with van der Waals surface area (Å²) in [6.07, 6.45) is 0. The Labute approximate surface area is 108 Å². The van der Waals surface area contributed by atoms with Crippen LogP contribution in [-0.4, -0.2) is 25.5 Å². The van der Waals surface area contributed by atoms with E-state index in [4.69, 9.17) is 4.74 Å². The molecule has 4 nitrogen and oxygen atoms in total. The number of ketones is 1. The number of hydrogen-bond acceptors (Lipinski definition) is 4. The molecule has 0 radical (unpaired) electrons. The van der Waals surface area contributed by atoms with Crippen LogP contribution in [0.4, 0.5) is 0 Å². The zero-order chi connectivity index (χ0) is 12.8. The molecule has 1 rings (SSSR count). The van der Waals surface area contributed by atoms with E-state index in [0.29, 0.717) is 12.2 Å². The average Bonchev–Trinajstić information content (AvgIpc) is 2.31. The first-order valence-corrected chi connectivity index (χ1v) is 5.88. The molecule has 0 N–H and O–H groups in total. The van der Waals surface area contributed by atoms with Gasteiger partial charge in [0.15, 0.2) is 0 Å². The van der Waals surface area contributed by atoms with E-state index in [0.717, 1.165) is 10.0 Å². The van der Waals surface area contributed by atoms with Crippen molar-refractivity contribution in [2.45, 2.75) is 13.5 Å². The molecule has 0 aromatic heterocycles. The van der Waals surface area contributed by atoms with Gasteiger partial charge in [-0.3, -0.25) is 4.79 Å². The van der Waals surface area contributed by atoms with E-state index in [1.165, 1.54) is 0 Å². The van der Waals surface area contributed by atoms with Crippen molar-refractivity contribution in [3.8, 4) is 0 Å². The molecule has 0 aliphatic heterocycles. The van der Waals surface area contributed by atoms with E-state index >= 15 is 0 Å². The SMILES string of the molecule is CCOC(=O)C(=O)c1ccc(COC)c(Br)c1. The van der Waals surface area contributed by atoms with Gasteiger partial charge in [-0.2, -0.15) is 0 Å². The predicted octanol–water partition coefficient (Wildman–Crippen LogP) is 2.34. The molecule has 0 heterocycles. The first kappa shape index (κ1) is 13.9. The van der Waals surface area contributed by atoms with Crippen molar-refractivity contribution in [3.05, 3.63) is 33.8 Å². The number of Topliss-reactive ketones (excluding diaryl/α,β-unsaturated/α-hetero) is 1. The summed E-state index contributed by atoms with van der Waals surface area (Å²) in [5, 5.41) is 0. The minimum Gasteiger partial charge on any atom is -0.460 e. The third-order valence-electron chi connectivity index (χ3n) is 2.08. The third kappa shape index (κ3) is 3.64. The summed E-state index contributed by atoms with van der Waals surface area (Å²) in [7, 11) is 1.59. The van der Waals surface area contributed by atoms with Crippen molar-refractivity contribution >= 4 is 27.7 Å². The fraction of sp³-hybridized carbons (Fsp3) is 0.333. The van der Waals surface area contributed by atoms with Crippen LogP contribution in [-0.2, 0) is 20.9 Å². The average molecular weight is 301 g/mol. The van der Waals surface area contributed by atoms with Gasteiger partial charge in [-0.05, 0) is 18.6 Å². The molecular weight excluding hydrogens is 288 g/mol. The number of ether oxygens (including phenoxy) is 2. The Kier molecular flexibility index (Phi) is 5.31. The van der Waals surface area contributed by atoms with Gasteiger partial charge in [-0.15, -0.1) is 0 Å². The molecule has 5 heteroatoms. The maximum Gasteiger partial charge on any atom is 0.379 e. The van der Waals surface area contributed by atoms with Crippen LogP contribution in [0.25, 0.3) is 0 Å². The van der Waals surface area contributed by atoms with Gasteiger partial charge in [-0.1, -0.05) is 28.1 Å². The fourth-order valence-electron chi connectivity index (χ4n) is 1.28. The van der Waals surface area contributed by atoms with Crippen molar-refractivity contribution in [3.63, 3.8) is 0 Å². The van der Waals surface area contributed by atoms with Gasteiger partial charge in [-0.25, -0.2) is 4.79 Å². The Morgan fingerprint density at radius 1 is 1.35 bits per heavy atom. The summed E-state index contributed by atoms with van der Waals surface area (Å²) >= 11 is 3.32. The van der Waals surface area contributed by atoms with Crippen LogP contribution in [0.2, 0.25) is 0 Å². The largest absolute Gasteiger partial charge is 0.460 e. The monoisotopic (exact) mass is 300 g/mol. The van der Waals surface area contributed by atoms with Crippen LogP contribution < -0.4 is 0 Å². The van der Waals surface area contributed by atoms with Crippen LogP contribution >= 0.6 is 15.9 Å². The quantitative estimate of drug-likeness (QED) is 0.476. The summed E-state index contributed by atoms with van der Waals surface area (Å²) in [4.78, 5) is 22.9. The van der Waals surface area contributed by atoms with E-state index in [1.54, 1.807) is 32.2 Å². The summed E-state index contributed by atoms with van der Waals surface area (Å²) in [6, 6.07) is 4.91. The normalized spacial score (nSPS) is 10.1. The van der Waals surface area contributed by atoms with E-state index in [2.05, 4.69) is 20.7 Å². The van der Waals surface area contributed by atoms with Gasteiger partial charge >= 0.3 is 5.97 Å². The van der Waals surface area contributed by atoms with Gasteiger partial charge in [0.2, 0.25) is 0 Å². The molecule has 1 aromatic rings. The lowest BCUT2D eigenvalue weighted by molar-refractivity contribution is -0.137. The molecule has 1 aromatic carbocycles. The second kappa shape index (κ2) is 6.51. The molecule has 0 aliphatic rings. The zero-order valence-corrected chi connectivity index (χ0v) is 11.2. The van der Waals surface area contributed by atoms with E-state index < -0.39 is 11.8 Å². The standard InChI is InChI=1S/C12H13BrO4/c1-3-17-12(15)11(14)8-4-5-9(7-16-2)10(13)6-8/h4-6H,3,7H2,1-2H3. The molecule has 0 unspecified atom stereocenters. The molecule has 92 valence electrons. The molecule has 0 fully saturated rings. The predicted molar refractivity (Wildman–Crippen MR) is 65.8 cm³/mol. The molecule has 17 heavy (non-hydrogen) atoms. The highest BCUT2D eigenvalue weighted by molar-refractivity contribution is 9.10. The molecule has 0 amide bonds. The summed E-state index contributed by atoms with van der Waals surface area (Å²) in [5.74, 6) is -1.48. The van der Waals surface area contributed by atoms with Crippen LogP contribution in [0, 0.1) is 0 Å². The Bertz CT molecular complexity index is 429. The molecule has 0 spiro atoms. The Morgan fingerprint density at radius 2 is 2.06 bits per heavy atom. The number of carbonyl (C=O) groups excluding carboxylic acids is 2. The number of halogens is 1. The summed E-state index contributed by atoms with van der Waals surface area (Å²) < 4.78 is 10.4. The van der Waals surface area contributed by atoms with Gasteiger partial charge in [0.25, 0.3) is 5.78 Å². The van der Waals surface area contributed by atoms with Crippen LogP contribution in [0.1, 0.15) is 22.8 Å². The van der Waals surface area contributed by atoms with Gasteiger partial charge in [0.1, 0.15) is 0 Å². The highest BCUT2D eigenvalue weighted by atomic mass is 79.9. The summed E-state index contributed by atoms with van der Waals surface area (Å²) in [6.45, 7) is 2.28. The third-order valence-corrected chi connectivity index (χ3v) is 2.81. The molecule has 0 saturated carbocycles. The topological polar surface area (TPSA) is 52.6 Å². The Morgan fingerprint density at radius 3 is 2.59 bits per heavy atom. The minimum atomic E-state index is -0.834. The van der Waals surface area contributed by atoms with Crippen LogP contribution in [0.3, 0.4) is 0 Å². The van der Waals surface area contributed by atoms with Crippen LogP contribution in [0.5, 0.6) is 0 Å². The highest BCUT2D eigenvalue weighted by Crippen LogP contribution is 2.20. The second-order valence-electron chi connectivity index (χ2n) is 3.29. The number of hydrogen-bond donors (Lipinski definition) is 0. The molecule has 0 saturated heterocycles.